The zero-order valence-electron chi connectivity index (χ0n) is 18.2. The minimum atomic E-state index is -0.818. The lowest BCUT2D eigenvalue weighted by molar-refractivity contribution is -0.139. The van der Waals surface area contributed by atoms with Gasteiger partial charge in [0.2, 0.25) is 0 Å². The van der Waals surface area contributed by atoms with Crippen LogP contribution in [-0.4, -0.2) is 57.0 Å². The highest BCUT2D eigenvalue weighted by Gasteiger charge is 2.35. The predicted molar refractivity (Wildman–Crippen MR) is 110 cm³/mol. The maximum atomic E-state index is 12.5. The molecule has 1 heterocycles. The van der Waals surface area contributed by atoms with E-state index in [2.05, 4.69) is 31.4 Å². The number of hydrogen-bond donors (Lipinski definition) is 3. The van der Waals surface area contributed by atoms with Gasteiger partial charge in [-0.3, -0.25) is 15.0 Å². The van der Waals surface area contributed by atoms with Crippen molar-refractivity contribution in [2.75, 3.05) is 18.4 Å². The molecule has 0 aromatic carbocycles. The highest BCUT2D eigenvalue weighted by Crippen LogP contribution is 2.29. The van der Waals surface area contributed by atoms with E-state index >= 15 is 0 Å². The zero-order valence-corrected chi connectivity index (χ0v) is 18.2. The van der Waals surface area contributed by atoms with Gasteiger partial charge in [-0.2, -0.15) is 5.10 Å². The third-order valence-electron chi connectivity index (χ3n) is 5.06. The summed E-state index contributed by atoms with van der Waals surface area (Å²) in [6, 6.07) is 1.94. The van der Waals surface area contributed by atoms with Crippen LogP contribution in [0.4, 0.5) is 10.6 Å². The number of carboxylic acids is 1. The van der Waals surface area contributed by atoms with Crippen LogP contribution in [0.3, 0.4) is 0 Å². The molecule has 0 atom stereocenters. The first-order chi connectivity index (χ1) is 12.8. The molecule has 0 saturated heterocycles. The Morgan fingerprint density at radius 2 is 1.86 bits per heavy atom. The summed E-state index contributed by atoms with van der Waals surface area (Å²) in [4.78, 5) is 25.4. The number of carbonyl (C=O) groups is 2. The van der Waals surface area contributed by atoms with Crippen molar-refractivity contribution in [3.63, 3.8) is 0 Å². The van der Waals surface area contributed by atoms with Crippen LogP contribution in [0.2, 0.25) is 0 Å². The van der Waals surface area contributed by atoms with E-state index < -0.39 is 5.97 Å². The first-order valence-electron chi connectivity index (χ1n) is 9.95. The summed E-state index contributed by atoms with van der Waals surface area (Å²) in [5.74, 6) is -0.145. The Balaban J connectivity index is 1.97. The van der Waals surface area contributed by atoms with Crippen LogP contribution in [0.15, 0.2) is 6.07 Å². The molecule has 0 radical (unpaired) electrons. The molecule has 0 spiro atoms. The second kappa shape index (κ2) is 8.11. The Bertz CT molecular complexity index is 708. The Kier molecular flexibility index (Phi) is 6.43. The van der Waals surface area contributed by atoms with E-state index in [4.69, 9.17) is 10.2 Å². The maximum Gasteiger partial charge on any atom is 0.320 e. The van der Waals surface area contributed by atoms with Crippen LogP contribution >= 0.6 is 0 Å². The molecule has 1 aliphatic carbocycles. The summed E-state index contributed by atoms with van der Waals surface area (Å²) >= 11 is 0. The van der Waals surface area contributed by atoms with Gasteiger partial charge in [0.15, 0.2) is 0 Å². The number of hydrogen-bond acceptors (Lipinski definition) is 4. The highest BCUT2D eigenvalue weighted by atomic mass is 16.4. The summed E-state index contributed by atoms with van der Waals surface area (Å²) in [6.45, 7) is 15.1. The van der Waals surface area contributed by atoms with Crippen LogP contribution in [0.1, 0.15) is 67.0 Å². The second-order valence-electron chi connectivity index (χ2n) is 9.62. The lowest BCUT2D eigenvalue weighted by Crippen LogP contribution is -2.55. The van der Waals surface area contributed by atoms with E-state index in [0.29, 0.717) is 12.4 Å². The third kappa shape index (κ3) is 5.47. The predicted octanol–water partition coefficient (Wildman–Crippen LogP) is 2.99. The van der Waals surface area contributed by atoms with Crippen molar-refractivity contribution in [1.82, 2.24) is 20.0 Å². The van der Waals surface area contributed by atoms with Crippen LogP contribution < -0.4 is 10.6 Å². The lowest BCUT2D eigenvalue weighted by atomic mass is 9.85. The third-order valence-corrected chi connectivity index (χ3v) is 5.06. The number of urea groups is 1. The smallest absolute Gasteiger partial charge is 0.320 e. The summed E-state index contributed by atoms with van der Waals surface area (Å²) in [7, 11) is 0. The summed E-state index contributed by atoms with van der Waals surface area (Å²) in [6.07, 6.45) is 1.53. The van der Waals surface area contributed by atoms with E-state index in [1.54, 1.807) is 0 Å². The standard InChI is InChI=1S/C20H35N5O3/c1-8-24(12-17(26)27)14-9-13(10-14)21-18(28)22-16-11-15(19(2,3)4)23-25(16)20(5,6)7/h11,13-14H,8-10,12H2,1-7H3,(H,26,27)(H2,21,22,28). The first kappa shape index (κ1) is 22.2. The van der Waals surface area contributed by atoms with Crippen LogP contribution in [-0.2, 0) is 15.7 Å². The quantitative estimate of drug-likeness (QED) is 0.690. The normalized spacial score (nSPS) is 20.0. The molecular formula is C20H35N5O3. The molecule has 28 heavy (non-hydrogen) atoms. The van der Waals surface area contributed by atoms with E-state index in [1.807, 2.05) is 43.3 Å². The maximum absolute atomic E-state index is 12.5. The van der Waals surface area contributed by atoms with Gasteiger partial charge < -0.3 is 10.4 Å². The number of carbonyl (C=O) groups excluding carboxylic acids is 1. The molecule has 0 bridgehead atoms. The minimum Gasteiger partial charge on any atom is -0.480 e. The van der Waals surface area contributed by atoms with E-state index in [0.717, 1.165) is 18.5 Å². The SMILES string of the molecule is CCN(CC(=O)O)C1CC(NC(=O)Nc2cc(C(C)(C)C)nn2C(C)(C)C)C1. The van der Waals surface area contributed by atoms with Crippen LogP contribution in [0.5, 0.6) is 0 Å². The first-order valence-corrected chi connectivity index (χ1v) is 9.95. The summed E-state index contributed by atoms with van der Waals surface area (Å²) in [5.41, 5.74) is 0.554. The summed E-state index contributed by atoms with van der Waals surface area (Å²) < 4.78 is 1.85. The number of amides is 2. The van der Waals surface area contributed by atoms with E-state index in [-0.39, 0.29) is 35.6 Å². The molecule has 0 aliphatic heterocycles. The number of nitrogens with one attached hydrogen (secondary N) is 2. The number of likely N-dealkylation sites (N-methyl/N-ethyl adjacent to an activating group) is 1. The number of rotatable bonds is 6. The molecule has 8 heteroatoms. The fourth-order valence-corrected chi connectivity index (χ4v) is 3.36. The average Bonchev–Trinajstić information content (AvgIpc) is 2.92. The van der Waals surface area contributed by atoms with Gasteiger partial charge in [0.25, 0.3) is 0 Å². The van der Waals surface area contributed by atoms with Gasteiger partial charge in [0.05, 0.1) is 17.8 Å². The molecular weight excluding hydrogens is 358 g/mol. The molecule has 1 fully saturated rings. The molecule has 158 valence electrons. The molecule has 8 nitrogen and oxygen atoms in total. The number of carboxylic acid groups (broad SMARTS) is 1. The second-order valence-corrected chi connectivity index (χ2v) is 9.62. The van der Waals surface area contributed by atoms with Crippen molar-refractivity contribution in [2.24, 2.45) is 0 Å². The molecule has 3 N–H and O–H groups in total. The topological polar surface area (TPSA) is 99.5 Å². The van der Waals surface area contributed by atoms with Crippen molar-refractivity contribution >= 4 is 17.8 Å². The summed E-state index contributed by atoms with van der Waals surface area (Å²) in [5, 5.41) is 19.6. The van der Waals surface area contributed by atoms with Crippen molar-refractivity contribution < 1.29 is 14.7 Å². The largest absolute Gasteiger partial charge is 0.480 e. The van der Waals surface area contributed by atoms with Gasteiger partial charge in [0.1, 0.15) is 5.82 Å². The Morgan fingerprint density at radius 3 is 2.32 bits per heavy atom. The van der Waals surface area contributed by atoms with Gasteiger partial charge in [-0.25, -0.2) is 9.48 Å². The van der Waals surface area contributed by atoms with Gasteiger partial charge in [-0.1, -0.05) is 27.7 Å². The number of anilines is 1. The zero-order chi connectivity index (χ0) is 21.3. The van der Waals surface area contributed by atoms with Gasteiger partial charge in [-0.05, 0) is 40.2 Å². The Morgan fingerprint density at radius 1 is 1.25 bits per heavy atom. The minimum absolute atomic E-state index is 0.0421. The van der Waals surface area contributed by atoms with Crippen molar-refractivity contribution in [2.45, 2.75) is 84.3 Å². The molecule has 0 unspecified atom stereocenters. The molecule has 1 aliphatic rings. The average molecular weight is 394 g/mol. The van der Waals surface area contributed by atoms with E-state index in [9.17, 15) is 9.59 Å². The molecule has 2 amide bonds. The Hall–Kier alpha value is -2.09. The fraction of sp³-hybridized carbons (Fsp3) is 0.750. The van der Waals surface area contributed by atoms with Crippen molar-refractivity contribution in [3.05, 3.63) is 11.8 Å². The van der Waals surface area contributed by atoms with Crippen LogP contribution in [0, 0.1) is 0 Å². The highest BCUT2D eigenvalue weighted by molar-refractivity contribution is 5.88. The molecule has 1 aromatic rings. The van der Waals surface area contributed by atoms with Gasteiger partial charge in [-0.15, -0.1) is 0 Å². The van der Waals surface area contributed by atoms with E-state index in [1.165, 1.54) is 0 Å². The lowest BCUT2D eigenvalue weighted by Gasteiger charge is -2.42. The number of nitrogens with zero attached hydrogens (tertiary/aromatic N) is 3. The van der Waals surface area contributed by atoms with Crippen LogP contribution in [0.25, 0.3) is 0 Å². The fourth-order valence-electron chi connectivity index (χ4n) is 3.36. The van der Waals surface area contributed by atoms with Gasteiger partial charge >= 0.3 is 12.0 Å². The van der Waals surface area contributed by atoms with Crippen molar-refractivity contribution in [3.8, 4) is 0 Å². The molecule has 2 rings (SSSR count). The molecule has 1 saturated carbocycles. The number of aromatic nitrogens is 2. The van der Waals surface area contributed by atoms with Gasteiger partial charge in [0, 0.05) is 23.6 Å². The van der Waals surface area contributed by atoms with Crippen molar-refractivity contribution in [1.29, 1.82) is 0 Å². The Labute approximate surface area is 167 Å². The monoisotopic (exact) mass is 393 g/mol. The molecule has 1 aromatic heterocycles. The number of aliphatic carboxylic acids is 1.